The Morgan fingerprint density at radius 2 is 2.00 bits per heavy atom. The highest BCUT2D eigenvalue weighted by molar-refractivity contribution is 7.15. The van der Waals surface area contributed by atoms with E-state index in [1.807, 2.05) is 13.0 Å². The molecule has 1 N–H and O–H groups in total. The van der Waals surface area contributed by atoms with Crippen LogP contribution in [0.5, 0.6) is 0 Å². The molecule has 0 aliphatic heterocycles. The van der Waals surface area contributed by atoms with E-state index in [1.165, 1.54) is 10.6 Å². The van der Waals surface area contributed by atoms with Crippen molar-refractivity contribution in [1.82, 2.24) is 9.55 Å². The van der Waals surface area contributed by atoms with Crippen molar-refractivity contribution in [2.45, 2.75) is 20.4 Å². The summed E-state index contributed by atoms with van der Waals surface area (Å²) < 4.78 is 1.50. The smallest absolute Gasteiger partial charge is 0.262 e. The normalized spacial score (nSPS) is 11.7. The van der Waals surface area contributed by atoms with Crippen LogP contribution in [0.4, 0.5) is 5.95 Å². The monoisotopic (exact) mass is 355 g/mol. The molecule has 25 heavy (non-hydrogen) atoms. The molecule has 0 aliphatic carbocycles. The van der Waals surface area contributed by atoms with Crippen molar-refractivity contribution in [2.75, 3.05) is 5.43 Å². The largest absolute Gasteiger partial charge is 0.544 e. The van der Waals surface area contributed by atoms with Crippen LogP contribution in [-0.4, -0.2) is 21.2 Å². The number of aromatic carboxylic acids is 1. The fraction of sp³-hybridized carbons (Fsp3) is 0.176. The molecule has 7 nitrogen and oxygen atoms in total. The minimum atomic E-state index is -1.21. The Hall–Kier alpha value is -3.00. The summed E-state index contributed by atoms with van der Waals surface area (Å²) in [6.45, 7) is 4.04. The minimum absolute atomic E-state index is 0.138. The molecule has 0 radical (unpaired) electrons. The Kier molecular flexibility index (Phi) is 4.62. The number of nitrogens with zero attached hydrogens (tertiary/aromatic N) is 3. The van der Waals surface area contributed by atoms with E-state index in [4.69, 9.17) is 0 Å². The van der Waals surface area contributed by atoms with Gasteiger partial charge in [0.1, 0.15) is 0 Å². The summed E-state index contributed by atoms with van der Waals surface area (Å²) in [4.78, 5) is 28.7. The summed E-state index contributed by atoms with van der Waals surface area (Å²) in [6.07, 6.45) is 0. The Balaban J connectivity index is 1.96. The Morgan fingerprint density at radius 1 is 1.28 bits per heavy atom. The maximum Gasteiger partial charge on any atom is 0.262 e. The molecule has 0 spiro atoms. The maximum atomic E-state index is 12.5. The first-order valence-electron chi connectivity index (χ1n) is 7.62. The Morgan fingerprint density at radius 3 is 2.68 bits per heavy atom. The van der Waals surface area contributed by atoms with Gasteiger partial charge in [0.05, 0.1) is 32.3 Å². The van der Waals surface area contributed by atoms with Crippen LogP contribution in [0.25, 0.3) is 10.9 Å². The van der Waals surface area contributed by atoms with Gasteiger partial charge in [-0.2, -0.15) is 5.10 Å². The average molecular weight is 355 g/mol. The molecule has 0 saturated carbocycles. The molecular formula is C17H15N4O3S-. The molecule has 1 aromatic carbocycles. The Labute approximate surface area is 147 Å². The first-order chi connectivity index (χ1) is 12.0. The molecular weight excluding hydrogens is 340 g/mol. The lowest BCUT2D eigenvalue weighted by atomic mass is 10.2. The first kappa shape index (κ1) is 16.8. The molecule has 2 aromatic heterocycles. The van der Waals surface area contributed by atoms with E-state index in [0.717, 1.165) is 11.3 Å². The molecule has 0 fully saturated rings. The summed E-state index contributed by atoms with van der Waals surface area (Å²) in [5.74, 6) is -0.879. The van der Waals surface area contributed by atoms with Crippen molar-refractivity contribution in [2.24, 2.45) is 5.10 Å². The van der Waals surface area contributed by atoms with Gasteiger partial charge >= 0.3 is 0 Å². The van der Waals surface area contributed by atoms with Gasteiger partial charge < -0.3 is 9.90 Å². The van der Waals surface area contributed by atoms with Gasteiger partial charge in [-0.3, -0.25) is 9.36 Å². The number of para-hydroxylation sites is 1. The van der Waals surface area contributed by atoms with E-state index in [2.05, 4.69) is 15.5 Å². The lowest BCUT2D eigenvalue weighted by Gasteiger charge is -2.11. The summed E-state index contributed by atoms with van der Waals surface area (Å²) in [6, 6.07) is 10.3. The van der Waals surface area contributed by atoms with E-state index in [0.29, 0.717) is 34.0 Å². The summed E-state index contributed by atoms with van der Waals surface area (Å²) in [7, 11) is 0. The molecule has 128 valence electrons. The van der Waals surface area contributed by atoms with Crippen LogP contribution < -0.4 is 16.1 Å². The van der Waals surface area contributed by atoms with Gasteiger partial charge in [-0.15, -0.1) is 11.3 Å². The number of carboxylic acid groups (broad SMARTS) is 1. The Bertz CT molecular complexity index is 1040. The molecule has 0 atom stereocenters. The number of thiophene rings is 1. The molecule has 0 amide bonds. The number of benzene rings is 1. The zero-order valence-electron chi connectivity index (χ0n) is 13.6. The summed E-state index contributed by atoms with van der Waals surface area (Å²) >= 11 is 1.08. The summed E-state index contributed by atoms with van der Waals surface area (Å²) in [5.41, 5.74) is 3.85. The van der Waals surface area contributed by atoms with Crippen LogP contribution in [-0.2, 0) is 6.54 Å². The number of anilines is 1. The van der Waals surface area contributed by atoms with Gasteiger partial charge in [0, 0.05) is 6.54 Å². The fourth-order valence-corrected chi connectivity index (χ4v) is 3.16. The molecule has 2 heterocycles. The van der Waals surface area contributed by atoms with Gasteiger partial charge in [-0.25, -0.2) is 10.4 Å². The van der Waals surface area contributed by atoms with Crippen LogP contribution in [0, 0.1) is 0 Å². The predicted octanol–water partition coefficient (Wildman–Crippen LogP) is 1.68. The molecule has 3 rings (SSSR count). The first-order valence-corrected chi connectivity index (χ1v) is 8.44. The zero-order valence-corrected chi connectivity index (χ0v) is 14.5. The average Bonchev–Trinajstić information content (AvgIpc) is 3.10. The lowest BCUT2D eigenvalue weighted by molar-refractivity contribution is -0.254. The van der Waals surface area contributed by atoms with Crippen LogP contribution in [0.1, 0.15) is 28.4 Å². The van der Waals surface area contributed by atoms with E-state index >= 15 is 0 Å². The molecule has 3 aromatic rings. The third-order valence-corrected chi connectivity index (χ3v) is 4.84. The fourth-order valence-electron chi connectivity index (χ4n) is 2.38. The minimum Gasteiger partial charge on any atom is -0.544 e. The highest BCUT2D eigenvalue weighted by Crippen LogP contribution is 2.17. The van der Waals surface area contributed by atoms with Crippen molar-refractivity contribution in [1.29, 1.82) is 0 Å². The number of hydrogen-bond donors (Lipinski definition) is 1. The lowest BCUT2D eigenvalue weighted by Crippen LogP contribution is -2.23. The third-order valence-electron chi connectivity index (χ3n) is 3.67. The number of nitrogens with one attached hydrogen (secondary N) is 1. The highest BCUT2D eigenvalue weighted by Gasteiger charge is 2.09. The van der Waals surface area contributed by atoms with Crippen molar-refractivity contribution in [3.05, 3.63) is 56.5 Å². The van der Waals surface area contributed by atoms with Crippen LogP contribution in [0.3, 0.4) is 0 Å². The molecule has 0 bridgehead atoms. The quantitative estimate of drug-likeness (QED) is 0.554. The highest BCUT2D eigenvalue weighted by atomic mass is 32.1. The number of hydrogen-bond acceptors (Lipinski definition) is 7. The number of hydrazone groups is 1. The van der Waals surface area contributed by atoms with Crippen LogP contribution >= 0.6 is 11.3 Å². The number of carboxylic acids is 1. The van der Waals surface area contributed by atoms with Crippen molar-refractivity contribution >= 4 is 39.9 Å². The molecule has 0 aliphatic rings. The third kappa shape index (κ3) is 3.29. The number of aromatic nitrogens is 2. The van der Waals surface area contributed by atoms with Crippen LogP contribution in [0.2, 0.25) is 0 Å². The van der Waals surface area contributed by atoms with E-state index in [1.54, 1.807) is 31.2 Å². The van der Waals surface area contributed by atoms with Gasteiger partial charge in [-0.05, 0) is 38.1 Å². The number of fused-ring (bicyclic) bond motifs is 1. The van der Waals surface area contributed by atoms with Gasteiger partial charge in [0.25, 0.3) is 5.56 Å². The van der Waals surface area contributed by atoms with Gasteiger partial charge in [0.15, 0.2) is 0 Å². The van der Waals surface area contributed by atoms with Gasteiger partial charge in [0.2, 0.25) is 5.95 Å². The van der Waals surface area contributed by atoms with Crippen molar-refractivity contribution < 1.29 is 9.90 Å². The van der Waals surface area contributed by atoms with Crippen molar-refractivity contribution in [3.63, 3.8) is 0 Å². The number of rotatable bonds is 5. The van der Waals surface area contributed by atoms with Crippen LogP contribution in [0.15, 0.2) is 46.3 Å². The summed E-state index contributed by atoms with van der Waals surface area (Å²) in [5, 5.41) is 15.6. The topological polar surface area (TPSA) is 99.4 Å². The van der Waals surface area contributed by atoms with E-state index < -0.39 is 5.97 Å². The molecule has 0 unspecified atom stereocenters. The molecule has 0 saturated heterocycles. The second-order valence-electron chi connectivity index (χ2n) is 5.26. The van der Waals surface area contributed by atoms with Crippen molar-refractivity contribution in [3.8, 4) is 0 Å². The van der Waals surface area contributed by atoms with E-state index in [9.17, 15) is 14.7 Å². The van der Waals surface area contributed by atoms with Gasteiger partial charge in [-0.1, -0.05) is 12.1 Å². The predicted molar refractivity (Wildman–Crippen MR) is 96.2 cm³/mol. The standard InChI is InChI=1S/C17H16N4O3S/c1-3-21-15(22)11-6-4-5-7-12(11)18-17(21)20-19-10(2)13-8-9-14(25-13)16(23)24/h4-9H,3H2,1-2H3,(H,18,20)(H,23,24)/p-1/b19-10-. The number of carbonyl (C=O) groups excluding carboxylic acids is 1. The van der Waals surface area contributed by atoms with E-state index in [-0.39, 0.29) is 10.4 Å². The SMILES string of the molecule is CCn1c(N/N=C(/C)c2ccc(C(=O)[O-])s2)nc2ccccc2c1=O. The zero-order chi connectivity index (χ0) is 18.0. The molecule has 8 heteroatoms. The second kappa shape index (κ2) is 6.86. The maximum absolute atomic E-state index is 12.5. The number of carbonyl (C=O) groups is 1. The second-order valence-corrected chi connectivity index (χ2v) is 6.35.